The topological polar surface area (TPSA) is 89.8 Å². The molecule has 26 heavy (non-hydrogen) atoms. The summed E-state index contributed by atoms with van der Waals surface area (Å²) in [5.41, 5.74) is 1.62. The molecule has 2 aromatic rings. The summed E-state index contributed by atoms with van der Waals surface area (Å²) in [7, 11) is 0. The standard InChI is InChI=1S/C18H23N5O2S/c1-12(19-13(2)24)14-7-9-15(10-8-14)17(25)11-26-18-20-21-22-23(18)16-5-3-4-6-16/h7-10,12,16H,3-6,11H2,1-2H3,(H,19,24). The molecule has 3 rings (SSSR count). The van der Waals surface area contributed by atoms with Crippen molar-refractivity contribution in [3.8, 4) is 0 Å². The summed E-state index contributed by atoms with van der Waals surface area (Å²) in [4.78, 5) is 23.6. The van der Waals surface area contributed by atoms with Gasteiger partial charge >= 0.3 is 0 Å². The Bertz CT molecular complexity index is 768. The van der Waals surface area contributed by atoms with Crippen LogP contribution < -0.4 is 5.32 Å². The highest BCUT2D eigenvalue weighted by Gasteiger charge is 2.22. The van der Waals surface area contributed by atoms with Crippen molar-refractivity contribution in [1.82, 2.24) is 25.5 Å². The fourth-order valence-electron chi connectivity index (χ4n) is 3.22. The second-order valence-electron chi connectivity index (χ2n) is 6.60. The molecule has 1 unspecified atom stereocenters. The number of carbonyl (C=O) groups is 2. The number of benzene rings is 1. The van der Waals surface area contributed by atoms with E-state index < -0.39 is 0 Å². The van der Waals surface area contributed by atoms with Gasteiger partial charge in [-0.25, -0.2) is 4.68 Å². The first-order chi connectivity index (χ1) is 12.5. The highest BCUT2D eigenvalue weighted by atomic mass is 32.2. The fourth-order valence-corrected chi connectivity index (χ4v) is 4.06. The third-order valence-corrected chi connectivity index (χ3v) is 5.55. The third-order valence-electron chi connectivity index (χ3n) is 4.62. The number of nitrogens with one attached hydrogen (secondary N) is 1. The first-order valence-corrected chi connectivity index (χ1v) is 9.84. The van der Waals surface area contributed by atoms with E-state index in [1.807, 2.05) is 23.7 Å². The van der Waals surface area contributed by atoms with Crippen molar-refractivity contribution >= 4 is 23.5 Å². The molecule has 0 aliphatic heterocycles. The lowest BCUT2D eigenvalue weighted by Gasteiger charge is -2.13. The molecule has 0 spiro atoms. The molecule has 0 bridgehead atoms. The van der Waals surface area contributed by atoms with Crippen molar-refractivity contribution < 1.29 is 9.59 Å². The van der Waals surface area contributed by atoms with Crippen LogP contribution in [-0.2, 0) is 4.79 Å². The molecule has 1 saturated carbocycles. The second-order valence-corrected chi connectivity index (χ2v) is 7.54. The Morgan fingerprint density at radius 3 is 2.62 bits per heavy atom. The van der Waals surface area contributed by atoms with Gasteiger partial charge in [0.05, 0.1) is 17.8 Å². The zero-order chi connectivity index (χ0) is 18.5. The van der Waals surface area contributed by atoms with E-state index >= 15 is 0 Å². The quantitative estimate of drug-likeness (QED) is 0.593. The number of hydrogen-bond acceptors (Lipinski definition) is 6. The number of rotatable bonds is 7. The highest BCUT2D eigenvalue weighted by molar-refractivity contribution is 7.99. The van der Waals surface area contributed by atoms with Gasteiger partial charge in [-0.1, -0.05) is 48.9 Å². The maximum Gasteiger partial charge on any atom is 0.217 e. The van der Waals surface area contributed by atoms with E-state index in [-0.39, 0.29) is 17.7 Å². The molecule has 1 amide bonds. The number of aromatic nitrogens is 4. The van der Waals surface area contributed by atoms with Crippen molar-refractivity contribution in [2.24, 2.45) is 0 Å². The zero-order valence-electron chi connectivity index (χ0n) is 15.0. The monoisotopic (exact) mass is 373 g/mol. The van der Waals surface area contributed by atoms with Gasteiger partial charge in [-0.15, -0.1) is 5.10 Å². The second kappa shape index (κ2) is 8.44. The summed E-state index contributed by atoms with van der Waals surface area (Å²) in [6.45, 7) is 3.40. The van der Waals surface area contributed by atoms with E-state index in [2.05, 4.69) is 20.8 Å². The molecule has 1 atom stereocenters. The van der Waals surface area contributed by atoms with Gasteiger partial charge in [0.25, 0.3) is 0 Å². The largest absolute Gasteiger partial charge is 0.350 e. The summed E-state index contributed by atoms with van der Waals surface area (Å²) in [6.07, 6.45) is 4.61. The molecule has 1 N–H and O–H groups in total. The minimum absolute atomic E-state index is 0.0368. The summed E-state index contributed by atoms with van der Waals surface area (Å²) in [5.74, 6) is 0.261. The Balaban J connectivity index is 1.59. The van der Waals surface area contributed by atoms with Gasteiger partial charge in [0, 0.05) is 12.5 Å². The van der Waals surface area contributed by atoms with Crippen molar-refractivity contribution in [1.29, 1.82) is 0 Å². The summed E-state index contributed by atoms with van der Waals surface area (Å²) < 4.78 is 1.86. The number of ketones is 1. The molecule has 1 heterocycles. The molecule has 8 heteroatoms. The molecule has 7 nitrogen and oxygen atoms in total. The average Bonchev–Trinajstić information content (AvgIpc) is 3.30. The number of carbonyl (C=O) groups excluding carboxylic acids is 2. The van der Waals surface area contributed by atoms with Gasteiger partial charge in [0.15, 0.2) is 5.78 Å². The van der Waals surface area contributed by atoms with Gasteiger partial charge in [0.2, 0.25) is 11.1 Å². The van der Waals surface area contributed by atoms with E-state index in [0.29, 0.717) is 22.5 Å². The summed E-state index contributed by atoms with van der Waals surface area (Å²) >= 11 is 1.38. The van der Waals surface area contributed by atoms with E-state index in [0.717, 1.165) is 18.4 Å². The van der Waals surface area contributed by atoms with E-state index in [4.69, 9.17) is 0 Å². The Labute approximate surface area is 156 Å². The normalized spacial score (nSPS) is 15.8. The average molecular weight is 373 g/mol. The number of hydrogen-bond donors (Lipinski definition) is 1. The van der Waals surface area contributed by atoms with Crippen LogP contribution in [0.2, 0.25) is 0 Å². The van der Waals surface area contributed by atoms with Crippen LogP contribution in [0.15, 0.2) is 29.4 Å². The highest BCUT2D eigenvalue weighted by Crippen LogP contribution is 2.31. The maximum atomic E-state index is 12.5. The van der Waals surface area contributed by atoms with Crippen LogP contribution in [0.1, 0.15) is 67.5 Å². The first kappa shape index (κ1) is 18.6. The Morgan fingerprint density at radius 1 is 1.27 bits per heavy atom. The van der Waals surface area contributed by atoms with Gasteiger partial charge in [-0.2, -0.15) is 0 Å². The van der Waals surface area contributed by atoms with E-state index in [1.165, 1.54) is 31.5 Å². The predicted molar refractivity (Wildman–Crippen MR) is 99.1 cm³/mol. The smallest absolute Gasteiger partial charge is 0.217 e. The van der Waals surface area contributed by atoms with Gasteiger partial charge in [0.1, 0.15) is 0 Å². The van der Waals surface area contributed by atoms with Crippen molar-refractivity contribution in [3.05, 3.63) is 35.4 Å². The number of tetrazole rings is 1. The SMILES string of the molecule is CC(=O)NC(C)c1ccc(C(=O)CSc2nnnn2C2CCCC2)cc1. The van der Waals surface area contributed by atoms with Crippen LogP contribution >= 0.6 is 11.8 Å². The van der Waals surface area contributed by atoms with Crippen LogP contribution in [0, 0.1) is 0 Å². The van der Waals surface area contributed by atoms with Crippen molar-refractivity contribution in [2.75, 3.05) is 5.75 Å². The van der Waals surface area contributed by atoms with Crippen molar-refractivity contribution in [2.45, 2.75) is 56.8 Å². The van der Waals surface area contributed by atoms with Gasteiger partial charge in [-0.3, -0.25) is 9.59 Å². The lowest BCUT2D eigenvalue weighted by atomic mass is 10.0. The molecule has 0 saturated heterocycles. The molecule has 1 aromatic carbocycles. The molecule has 1 fully saturated rings. The zero-order valence-corrected chi connectivity index (χ0v) is 15.8. The third kappa shape index (κ3) is 4.49. The first-order valence-electron chi connectivity index (χ1n) is 8.85. The Morgan fingerprint density at radius 2 is 1.96 bits per heavy atom. The van der Waals surface area contributed by atoms with E-state index in [9.17, 15) is 9.59 Å². The lowest BCUT2D eigenvalue weighted by molar-refractivity contribution is -0.119. The number of thioether (sulfide) groups is 1. The minimum atomic E-state index is -0.0814. The van der Waals surface area contributed by atoms with Crippen LogP contribution in [0.4, 0.5) is 0 Å². The molecular weight excluding hydrogens is 350 g/mol. The Kier molecular flexibility index (Phi) is 6.03. The maximum absolute atomic E-state index is 12.5. The molecular formula is C18H23N5O2S. The van der Waals surface area contributed by atoms with Gasteiger partial charge < -0.3 is 5.32 Å². The molecule has 138 valence electrons. The van der Waals surface area contributed by atoms with Crippen LogP contribution in [-0.4, -0.2) is 37.7 Å². The van der Waals surface area contributed by atoms with Crippen molar-refractivity contribution in [3.63, 3.8) is 0 Å². The minimum Gasteiger partial charge on any atom is -0.350 e. The molecule has 1 aliphatic carbocycles. The molecule has 1 aliphatic rings. The lowest BCUT2D eigenvalue weighted by Crippen LogP contribution is -2.23. The van der Waals surface area contributed by atoms with Crippen LogP contribution in [0.3, 0.4) is 0 Å². The molecule has 0 radical (unpaired) electrons. The van der Waals surface area contributed by atoms with E-state index in [1.54, 1.807) is 12.1 Å². The van der Waals surface area contributed by atoms with Crippen LogP contribution in [0.5, 0.6) is 0 Å². The summed E-state index contributed by atoms with van der Waals surface area (Å²) in [6, 6.07) is 7.63. The Hall–Kier alpha value is -2.22. The van der Waals surface area contributed by atoms with Crippen LogP contribution in [0.25, 0.3) is 0 Å². The van der Waals surface area contributed by atoms with Gasteiger partial charge in [-0.05, 0) is 35.8 Å². The number of amides is 1. The summed E-state index contributed by atoms with van der Waals surface area (Å²) in [5, 5.41) is 15.5. The molecule has 1 aromatic heterocycles. The number of Topliss-reactive ketones (excluding diaryl/α,β-unsaturated/α-hetero) is 1. The predicted octanol–water partition coefficient (Wildman–Crippen LogP) is 2.96. The fraction of sp³-hybridized carbons (Fsp3) is 0.500. The number of nitrogens with zero attached hydrogens (tertiary/aromatic N) is 4.